The fraction of sp³-hybridized carbons (Fsp3) is 0.533. The van der Waals surface area contributed by atoms with Crippen molar-refractivity contribution in [3.8, 4) is 0 Å². The van der Waals surface area contributed by atoms with Crippen LogP contribution < -0.4 is 5.56 Å². The van der Waals surface area contributed by atoms with E-state index >= 15 is 0 Å². The molecule has 1 aliphatic rings. The zero-order valence-electron chi connectivity index (χ0n) is 13.2. The fourth-order valence-electron chi connectivity index (χ4n) is 2.64. The van der Waals surface area contributed by atoms with Crippen LogP contribution in [0.5, 0.6) is 0 Å². The van der Waals surface area contributed by atoms with Crippen molar-refractivity contribution >= 4 is 11.6 Å². The van der Waals surface area contributed by atoms with E-state index in [-0.39, 0.29) is 35.7 Å². The minimum atomic E-state index is -0.640. The first-order valence-corrected chi connectivity index (χ1v) is 7.31. The van der Waals surface area contributed by atoms with Crippen molar-refractivity contribution in [3.63, 3.8) is 0 Å². The number of fused-ring (bicyclic) bond motifs is 2. The molecule has 2 aromatic heterocycles. The molecule has 118 valence electrons. The summed E-state index contributed by atoms with van der Waals surface area (Å²) in [6, 6.07) is 1.80. The third-order valence-electron chi connectivity index (χ3n) is 3.84. The third-order valence-corrected chi connectivity index (χ3v) is 3.84. The predicted molar refractivity (Wildman–Crippen MR) is 80.9 cm³/mol. The molecule has 0 unspecified atom stereocenters. The Morgan fingerprint density at radius 2 is 2.09 bits per heavy atom. The van der Waals surface area contributed by atoms with Crippen molar-refractivity contribution < 1.29 is 9.90 Å². The molecule has 0 radical (unpaired) electrons. The minimum Gasteiger partial charge on any atom is -0.392 e. The predicted octanol–water partition coefficient (Wildman–Crippen LogP) is 0.657. The van der Waals surface area contributed by atoms with Crippen LogP contribution in [-0.4, -0.2) is 43.2 Å². The lowest BCUT2D eigenvalue weighted by Gasteiger charge is -2.16. The number of carbonyl (C=O) groups excluding carboxylic acids is 1. The Kier molecular flexibility index (Phi) is 3.14. The van der Waals surface area contributed by atoms with Gasteiger partial charge < -0.3 is 10.0 Å². The molecule has 1 amide bonds. The molecule has 0 fully saturated rings. The van der Waals surface area contributed by atoms with Gasteiger partial charge in [0, 0.05) is 23.7 Å². The topological polar surface area (TPSA) is 90.7 Å². The van der Waals surface area contributed by atoms with E-state index < -0.39 is 6.10 Å². The second kappa shape index (κ2) is 4.67. The van der Waals surface area contributed by atoms with E-state index in [9.17, 15) is 14.7 Å². The van der Waals surface area contributed by atoms with Crippen LogP contribution in [0, 0.1) is 0 Å². The lowest BCUT2D eigenvalue weighted by atomic mass is 9.93. The molecule has 0 bridgehead atoms. The molecule has 22 heavy (non-hydrogen) atoms. The van der Waals surface area contributed by atoms with Gasteiger partial charge >= 0.3 is 0 Å². The molecular formula is C15H20N4O3. The number of aliphatic hydroxyl groups is 1. The number of hydrogen-bond donors (Lipinski definition) is 2. The van der Waals surface area contributed by atoms with Crippen LogP contribution in [0.1, 0.15) is 49.4 Å². The van der Waals surface area contributed by atoms with E-state index in [1.165, 1.54) is 9.42 Å². The molecule has 1 aliphatic heterocycles. The van der Waals surface area contributed by atoms with Gasteiger partial charge in [-0.2, -0.15) is 0 Å². The van der Waals surface area contributed by atoms with Gasteiger partial charge in [0.25, 0.3) is 11.5 Å². The van der Waals surface area contributed by atoms with Crippen molar-refractivity contribution in [2.24, 2.45) is 0 Å². The molecule has 0 saturated carbocycles. The van der Waals surface area contributed by atoms with Crippen molar-refractivity contribution in [2.45, 2.75) is 45.8 Å². The molecule has 0 spiro atoms. The lowest BCUT2D eigenvalue weighted by Crippen LogP contribution is -2.31. The highest BCUT2D eigenvalue weighted by molar-refractivity contribution is 5.96. The van der Waals surface area contributed by atoms with Gasteiger partial charge in [-0.25, -0.2) is 9.50 Å². The third kappa shape index (κ3) is 2.21. The Bertz CT molecular complexity index is 811. The average molecular weight is 304 g/mol. The normalized spacial score (nSPS) is 16.4. The first-order chi connectivity index (χ1) is 10.2. The maximum atomic E-state index is 12.6. The monoisotopic (exact) mass is 304 g/mol. The van der Waals surface area contributed by atoms with E-state index in [4.69, 9.17) is 0 Å². The number of aromatic amines is 1. The minimum absolute atomic E-state index is 0.146. The number of aliphatic hydroxyl groups excluding tert-OH is 1. The highest BCUT2D eigenvalue weighted by Gasteiger charge is 2.33. The summed E-state index contributed by atoms with van der Waals surface area (Å²) in [4.78, 5) is 30.7. The number of nitrogens with one attached hydrogen (secondary N) is 1. The first-order valence-electron chi connectivity index (χ1n) is 7.31. The second-order valence-corrected chi connectivity index (χ2v) is 6.89. The first kappa shape index (κ1) is 14.8. The molecule has 2 N–H and O–H groups in total. The number of H-pyrrole nitrogens is 1. The molecule has 0 aliphatic carbocycles. The Balaban J connectivity index is 2.12. The van der Waals surface area contributed by atoms with E-state index in [1.807, 2.05) is 20.8 Å². The van der Waals surface area contributed by atoms with Crippen LogP contribution >= 0.6 is 0 Å². The molecule has 7 nitrogen and oxygen atoms in total. The highest BCUT2D eigenvalue weighted by atomic mass is 16.3. The van der Waals surface area contributed by atoms with Gasteiger partial charge in [-0.1, -0.05) is 20.8 Å². The SMILES string of the molecule is C[C@H](O)CN1Cc2c(nc3cc(C(C)(C)C)[nH]n3c2=O)C1=O. The quantitative estimate of drug-likeness (QED) is 0.852. The largest absolute Gasteiger partial charge is 0.392 e. The van der Waals surface area contributed by atoms with E-state index in [2.05, 4.69) is 10.1 Å². The molecule has 0 saturated heterocycles. The van der Waals surface area contributed by atoms with Crippen molar-refractivity contribution in [1.29, 1.82) is 0 Å². The summed E-state index contributed by atoms with van der Waals surface area (Å²) in [6.07, 6.45) is -0.640. The average Bonchev–Trinajstić information content (AvgIpc) is 2.94. The summed E-state index contributed by atoms with van der Waals surface area (Å²) >= 11 is 0. The van der Waals surface area contributed by atoms with E-state index in [0.717, 1.165) is 5.69 Å². The van der Waals surface area contributed by atoms with Gasteiger partial charge in [0.05, 0.1) is 18.2 Å². The number of hydrogen-bond acceptors (Lipinski definition) is 4. The van der Waals surface area contributed by atoms with Gasteiger partial charge in [0.15, 0.2) is 5.65 Å². The summed E-state index contributed by atoms with van der Waals surface area (Å²) in [5.74, 6) is -0.297. The molecule has 0 aromatic carbocycles. The molecule has 2 aromatic rings. The summed E-state index contributed by atoms with van der Waals surface area (Å²) in [5.41, 5.74) is 1.51. The van der Waals surface area contributed by atoms with Crippen LogP contribution in [0.4, 0.5) is 0 Å². The zero-order valence-corrected chi connectivity index (χ0v) is 13.2. The Morgan fingerprint density at radius 1 is 1.41 bits per heavy atom. The molecule has 1 atom stereocenters. The van der Waals surface area contributed by atoms with Gasteiger partial charge in [-0.05, 0) is 6.92 Å². The van der Waals surface area contributed by atoms with Crippen LogP contribution in [-0.2, 0) is 12.0 Å². The zero-order chi connectivity index (χ0) is 16.2. The fourth-order valence-corrected chi connectivity index (χ4v) is 2.64. The highest BCUT2D eigenvalue weighted by Crippen LogP contribution is 2.23. The maximum Gasteiger partial charge on any atom is 0.278 e. The Morgan fingerprint density at radius 3 is 2.68 bits per heavy atom. The van der Waals surface area contributed by atoms with E-state index in [1.54, 1.807) is 13.0 Å². The van der Waals surface area contributed by atoms with Gasteiger partial charge in [-0.15, -0.1) is 0 Å². The van der Waals surface area contributed by atoms with Gasteiger partial charge in [0.2, 0.25) is 0 Å². The van der Waals surface area contributed by atoms with Crippen LogP contribution in [0.15, 0.2) is 10.9 Å². The number of nitrogens with zero attached hydrogens (tertiary/aromatic N) is 3. The summed E-state index contributed by atoms with van der Waals surface area (Å²) in [6.45, 7) is 8.10. The molecule has 3 heterocycles. The van der Waals surface area contributed by atoms with Crippen molar-refractivity contribution in [3.05, 3.63) is 33.4 Å². The van der Waals surface area contributed by atoms with Crippen LogP contribution in [0.3, 0.4) is 0 Å². The van der Waals surface area contributed by atoms with Crippen molar-refractivity contribution in [2.75, 3.05) is 6.54 Å². The molecule has 7 heteroatoms. The van der Waals surface area contributed by atoms with Crippen LogP contribution in [0.2, 0.25) is 0 Å². The lowest BCUT2D eigenvalue weighted by molar-refractivity contribution is 0.0668. The number of amides is 1. The second-order valence-electron chi connectivity index (χ2n) is 6.89. The smallest absolute Gasteiger partial charge is 0.278 e. The van der Waals surface area contributed by atoms with Crippen LogP contribution in [0.25, 0.3) is 5.65 Å². The number of carbonyl (C=O) groups is 1. The Labute approximate surface area is 127 Å². The number of rotatable bonds is 2. The maximum absolute atomic E-state index is 12.6. The summed E-state index contributed by atoms with van der Waals surface area (Å²) < 4.78 is 1.39. The number of aromatic nitrogens is 3. The van der Waals surface area contributed by atoms with E-state index in [0.29, 0.717) is 11.2 Å². The standard InChI is InChI=1S/C15H20N4O3/c1-8(20)6-18-7-9-12(14(18)22)16-11-5-10(15(2,3)4)17-19(11)13(9)21/h5,8,17,20H,6-7H2,1-4H3/t8-/m0/s1. The summed E-state index contributed by atoms with van der Waals surface area (Å²) in [5, 5.41) is 12.5. The van der Waals surface area contributed by atoms with Gasteiger partial charge in [0.1, 0.15) is 5.69 Å². The molecular weight excluding hydrogens is 284 g/mol. The number of β-amino-alcohol motifs (C(OH)–C–C–N with tert-alkyl or cyclic N) is 1. The van der Waals surface area contributed by atoms with Gasteiger partial charge in [-0.3, -0.25) is 14.7 Å². The van der Waals surface area contributed by atoms with Crippen molar-refractivity contribution in [1.82, 2.24) is 19.5 Å². The Hall–Kier alpha value is -2.15. The summed E-state index contributed by atoms with van der Waals surface area (Å²) in [7, 11) is 0. The molecule has 3 rings (SSSR count).